The highest BCUT2D eigenvalue weighted by Crippen LogP contribution is 2.31. The minimum Gasteiger partial charge on any atom is -0.492 e. The van der Waals surface area contributed by atoms with Crippen molar-refractivity contribution in [2.24, 2.45) is 5.92 Å². The summed E-state index contributed by atoms with van der Waals surface area (Å²) in [6.45, 7) is 3.21. The Labute approximate surface area is 154 Å². The molecule has 0 amide bonds. The van der Waals surface area contributed by atoms with Crippen molar-refractivity contribution in [1.82, 2.24) is 15.0 Å². The predicted octanol–water partition coefficient (Wildman–Crippen LogP) is 4.15. The average Bonchev–Trinajstić information content (AvgIpc) is 2.60. The second kappa shape index (κ2) is 7.65. The summed E-state index contributed by atoms with van der Waals surface area (Å²) in [5.41, 5.74) is -0.905. The first-order chi connectivity index (χ1) is 12.3. The van der Waals surface area contributed by atoms with Crippen molar-refractivity contribution in [3.05, 3.63) is 41.1 Å². The Morgan fingerprint density at radius 3 is 2.65 bits per heavy atom. The van der Waals surface area contributed by atoms with E-state index in [0.29, 0.717) is 42.2 Å². The van der Waals surface area contributed by atoms with E-state index in [2.05, 4.69) is 15.0 Å². The molecule has 0 spiro atoms. The van der Waals surface area contributed by atoms with Crippen LogP contribution in [0, 0.1) is 12.8 Å². The van der Waals surface area contributed by atoms with Gasteiger partial charge in [0.1, 0.15) is 28.1 Å². The minimum atomic E-state index is -4.47. The van der Waals surface area contributed by atoms with Gasteiger partial charge in [-0.05, 0) is 25.7 Å². The molecule has 0 N–H and O–H groups in total. The molecule has 0 saturated carbocycles. The van der Waals surface area contributed by atoms with Gasteiger partial charge in [-0.1, -0.05) is 11.6 Å². The zero-order valence-corrected chi connectivity index (χ0v) is 14.9. The van der Waals surface area contributed by atoms with E-state index in [4.69, 9.17) is 16.3 Å². The van der Waals surface area contributed by atoms with Crippen LogP contribution in [0.4, 0.5) is 19.0 Å². The third kappa shape index (κ3) is 4.55. The van der Waals surface area contributed by atoms with Crippen LogP contribution in [0.1, 0.15) is 24.4 Å². The third-order valence-corrected chi connectivity index (χ3v) is 4.55. The Balaban J connectivity index is 1.59. The number of aromatic nitrogens is 3. The minimum absolute atomic E-state index is 0.118. The molecular formula is C17H18ClF3N4O. The summed E-state index contributed by atoms with van der Waals surface area (Å²) in [5, 5.41) is 0.459. The molecule has 0 radical (unpaired) electrons. The Hall–Kier alpha value is -2.09. The lowest BCUT2D eigenvalue weighted by Crippen LogP contribution is -2.36. The Bertz CT molecular complexity index is 764. The van der Waals surface area contributed by atoms with E-state index >= 15 is 0 Å². The van der Waals surface area contributed by atoms with E-state index in [-0.39, 0.29) is 5.82 Å². The maximum atomic E-state index is 12.9. The quantitative estimate of drug-likeness (QED) is 0.790. The van der Waals surface area contributed by atoms with Crippen LogP contribution in [0.3, 0.4) is 0 Å². The second-order valence-electron chi connectivity index (χ2n) is 6.20. The SMILES string of the molecule is Cc1nc(N2CCC(COc3ccncc3Cl)CC2)cc(C(F)(F)F)n1. The largest absolute Gasteiger partial charge is 0.492 e. The van der Waals surface area contributed by atoms with E-state index in [1.807, 2.05) is 4.90 Å². The Morgan fingerprint density at radius 2 is 2.00 bits per heavy atom. The van der Waals surface area contributed by atoms with Crippen LogP contribution >= 0.6 is 11.6 Å². The number of pyridine rings is 1. The summed E-state index contributed by atoms with van der Waals surface area (Å²) < 4.78 is 44.5. The molecule has 0 aliphatic carbocycles. The van der Waals surface area contributed by atoms with Gasteiger partial charge in [-0.3, -0.25) is 4.98 Å². The fourth-order valence-electron chi connectivity index (χ4n) is 2.87. The fraction of sp³-hybridized carbons (Fsp3) is 0.471. The van der Waals surface area contributed by atoms with E-state index in [1.54, 1.807) is 12.3 Å². The summed E-state index contributed by atoms with van der Waals surface area (Å²) in [4.78, 5) is 13.4. The highest BCUT2D eigenvalue weighted by Gasteiger charge is 2.34. The average molecular weight is 387 g/mol. The summed E-state index contributed by atoms with van der Waals surface area (Å²) in [6, 6.07) is 2.72. The number of nitrogens with zero attached hydrogens (tertiary/aromatic N) is 4. The lowest BCUT2D eigenvalue weighted by Gasteiger charge is -2.33. The van der Waals surface area contributed by atoms with Gasteiger partial charge in [0.25, 0.3) is 0 Å². The third-order valence-electron chi connectivity index (χ3n) is 4.26. The number of alkyl halides is 3. The number of halogens is 4. The van der Waals surface area contributed by atoms with Crippen molar-refractivity contribution < 1.29 is 17.9 Å². The van der Waals surface area contributed by atoms with Gasteiger partial charge < -0.3 is 9.64 Å². The molecule has 5 nitrogen and oxygen atoms in total. The van der Waals surface area contributed by atoms with Crippen molar-refractivity contribution >= 4 is 17.4 Å². The molecule has 140 valence electrons. The lowest BCUT2D eigenvalue weighted by molar-refractivity contribution is -0.141. The first-order valence-electron chi connectivity index (χ1n) is 8.23. The van der Waals surface area contributed by atoms with E-state index in [9.17, 15) is 13.2 Å². The summed E-state index contributed by atoms with van der Waals surface area (Å²) in [6.07, 6.45) is 0.257. The smallest absolute Gasteiger partial charge is 0.433 e. The molecule has 1 saturated heterocycles. The number of anilines is 1. The molecule has 2 aromatic heterocycles. The summed E-state index contributed by atoms with van der Waals surface area (Å²) in [5.74, 6) is 1.33. The van der Waals surface area contributed by atoms with Gasteiger partial charge >= 0.3 is 6.18 Å². The molecule has 1 fully saturated rings. The second-order valence-corrected chi connectivity index (χ2v) is 6.61. The Morgan fingerprint density at radius 1 is 1.27 bits per heavy atom. The summed E-state index contributed by atoms with van der Waals surface area (Å²) in [7, 11) is 0. The summed E-state index contributed by atoms with van der Waals surface area (Å²) >= 11 is 6.01. The first-order valence-corrected chi connectivity index (χ1v) is 8.61. The highest BCUT2D eigenvalue weighted by molar-refractivity contribution is 6.31. The molecule has 1 aliphatic heterocycles. The number of rotatable bonds is 4. The van der Waals surface area contributed by atoms with Gasteiger partial charge in [0.2, 0.25) is 0 Å². The van der Waals surface area contributed by atoms with Crippen LogP contribution in [-0.4, -0.2) is 34.6 Å². The van der Waals surface area contributed by atoms with Gasteiger partial charge in [-0.2, -0.15) is 13.2 Å². The van der Waals surface area contributed by atoms with Crippen LogP contribution < -0.4 is 9.64 Å². The monoisotopic (exact) mass is 386 g/mol. The number of piperidine rings is 1. The van der Waals surface area contributed by atoms with Gasteiger partial charge in [-0.25, -0.2) is 9.97 Å². The number of aryl methyl sites for hydroxylation is 1. The molecule has 0 bridgehead atoms. The Kier molecular flexibility index (Phi) is 5.50. The van der Waals surface area contributed by atoms with E-state index < -0.39 is 11.9 Å². The zero-order valence-electron chi connectivity index (χ0n) is 14.1. The highest BCUT2D eigenvalue weighted by atomic mass is 35.5. The molecule has 3 heterocycles. The number of hydrogen-bond donors (Lipinski definition) is 0. The predicted molar refractivity (Wildman–Crippen MR) is 91.5 cm³/mol. The lowest BCUT2D eigenvalue weighted by atomic mass is 9.98. The van der Waals surface area contributed by atoms with Crippen molar-refractivity contribution in [2.45, 2.75) is 25.9 Å². The van der Waals surface area contributed by atoms with Gasteiger partial charge in [0.05, 0.1) is 6.61 Å². The normalized spacial score (nSPS) is 16.0. The van der Waals surface area contributed by atoms with Crippen LogP contribution in [0.25, 0.3) is 0 Å². The molecule has 0 atom stereocenters. The van der Waals surface area contributed by atoms with Crippen LogP contribution in [0.2, 0.25) is 5.02 Å². The van der Waals surface area contributed by atoms with Crippen LogP contribution in [0.15, 0.2) is 24.5 Å². The molecule has 3 rings (SSSR count). The van der Waals surface area contributed by atoms with Crippen LogP contribution in [-0.2, 0) is 6.18 Å². The fourth-order valence-corrected chi connectivity index (χ4v) is 3.05. The number of hydrogen-bond acceptors (Lipinski definition) is 5. The van der Waals surface area contributed by atoms with Crippen molar-refractivity contribution in [2.75, 3.05) is 24.6 Å². The molecule has 1 aliphatic rings. The zero-order chi connectivity index (χ0) is 18.7. The van der Waals surface area contributed by atoms with E-state index in [0.717, 1.165) is 18.9 Å². The van der Waals surface area contributed by atoms with Crippen LogP contribution in [0.5, 0.6) is 5.75 Å². The first kappa shape index (κ1) is 18.7. The maximum Gasteiger partial charge on any atom is 0.433 e. The standard InChI is InChI=1S/C17H18ClF3N4O/c1-11-23-15(17(19,20)21)8-16(24-11)25-6-3-12(4-7-25)10-26-14-2-5-22-9-13(14)18/h2,5,8-9,12H,3-4,6-7,10H2,1H3. The van der Waals surface area contributed by atoms with Crippen molar-refractivity contribution in [3.8, 4) is 5.75 Å². The van der Waals surface area contributed by atoms with Gasteiger partial charge in [-0.15, -0.1) is 0 Å². The van der Waals surface area contributed by atoms with Crippen molar-refractivity contribution in [3.63, 3.8) is 0 Å². The molecule has 9 heteroatoms. The molecule has 0 aromatic carbocycles. The molecular weight excluding hydrogens is 369 g/mol. The number of ether oxygens (including phenoxy) is 1. The molecule has 0 unspecified atom stereocenters. The van der Waals surface area contributed by atoms with Gasteiger partial charge in [0.15, 0.2) is 0 Å². The van der Waals surface area contributed by atoms with Crippen molar-refractivity contribution in [1.29, 1.82) is 0 Å². The van der Waals surface area contributed by atoms with Gasteiger partial charge in [0, 0.05) is 37.6 Å². The molecule has 2 aromatic rings. The topological polar surface area (TPSA) is 51.1 Å². The molecule has 26 heavy (non-hydrogen) atoms. The maximum absolute atomic E-state index is 12.9. The van der Waals surface area contributed by atoms with E-state index in [1.165, 1.54) is 13.1 Å².